The van der Waals surface area contributed by atoms with Crippen molar-refractivity contribution in [1.29, 1.82) is 0 Å². The molecule has 4 saturated carbocycles. The number of fused-ring (bicyclic) bond motifs is 5. The molecule has 4 rings (SSSR count). The fourth-order valence-electron chi connectivity index (χ4n) is 9.98. The van der Waals surface area contributed by atoms with Crippen molar-refractivity contribution in [1.82, 2.24) is 0 Å². The van der Waals surface area contributed by atoms with Gasteiger partial charge in [0.05, 0.1) is 7.11 Å². The monoisotopic (exact) mass is 458 g/mol. The Balaban J connectivity index is 1.57. The highest BCUT2D eigenvalue weighted by Crippen LogP contribution is 2.68. The van der Waals surface area contributed by atoms with E-state index in [0.717, 1.165) is 30.1 Å². The van der Waals surface area contributed by atoms with Crippen LogP contribution in [0.15, 0.2) is 0 Å². The van der Waals surface area contributed by atoms with Crippen LogP contribution in [0.1, 0.15) is 105 Å². The van der Waals surface area contributed by atoms with E-state index in [1.807, 2.05) is 0 Å². The Morgan fingerprint density at radius 2 is 1.55 bits per heavy atom. The molecular weight excluding hydrogens is 412 g/mol. The zero-order valence-electron chi connectivity index (χ0n) is 21.9. The lowest BCUT2D eigenvalue weighted by molar-refractivity contribution is -0.163. The Kier molecular flexibility index (Phi) is 6.64. The van der Waals surface area contributed by atoms with Crippen molar-refractivity contribution < 1.29 is 19.1 Å². The van der Waals surface area contributed by atoms with E-state index in [-0.39, 0.29) is 29.3 Å². The molecule has 33 heavy (non-hydrogen) atoms. The van der Waals surface area contributed by atoms with Gasteiger partial charge in [-0.1, -0.05) is 33.6 Å². The molecule has 4 aliphatic carbocycles. The first-order valence-electron chi connectivity index (χ1n) is 13.6. The molecule has 0 aromatic heterocycles. The van der Waals surface area contributed by atoms with Crippen molar-refractivity contribution in [2.45, 2.75) is 105 Å². The summed E-state index contributed by atoms with van der Waals surface area (Å²) in [5, 5.41) is 0. The largest absolute Gasteiger partial charge is 0.468 e. The zero-order chi connectivity index (χ0) is 24.2. The number of Topliss-reactive ketones (excluding diaryl/α,β-unsaturated/α-hetero) is 2. The van der Waals surface area contributed by atoms with Crippen LogP contribution in [-0.2, 0) is 19.1 Å². The summed E-state index contributed by atoms with van der Waals surface area (Å²) in [6.45, 7) is 10.0. The SMILES string of the molecule is COC(=O)C(C[C@@H](C)[C@H]1CC[C@H]2[C@@H]3CCC4CCCC[C@]4(C)[C@H]3CC[C@]12C)(C(C)=O)C(C)=O. The summed E-state index contributed by atoms with van der Waals surface area (Å²) >= 11 is 0. The molecule has 0 amide bonds. The number of ether oxygens (including phenoxy) is 1. The maximum atomic E-state index is 12.7. The first-order valence-corrected chi connectivity index (χ1v) is 13.6. The number of hydrogen-bond donors (Lipinski definition) is 0. The maximum absolute atomic E-state index is 12.7. The van der Waals surface area contributed by atoms with E-state index in [9.17, 15) is 14.4 Å². The van der Waals surface area contributed by atoms with Gasteiger partial charge in [-0.3, -0.25) is 14.4 Å². The van der Waals surface area contributed by atoms with Gasteiger partial charge in [0, 0.05) is 0 Å². The lowest BCUT2D eigenvalue weighted by Crippen LogP contribution is -2.53. The number of methoxy groups -OCH3 is 1. The first kappa shape index (κ1) is 24.9. The van der Waals surface area contributed by atoms with Gasteiger partial charge in [0.2, 0.25) is 0 Å². The van der Waals surface area contributed by atoms with Gasteiger partial charge < -0.3 is 4.74 Å². The van der Waals surface area contributed by atoms with E-state index in [0.29, 0.717) is 11.3 Å². The third-order valence-corrected chi connectivity index (χ3v) is 11.7. The average Bonchev–Trinajstić information content (AvgIpc) is 3.13. The molecule has 4 fully saturated rings. The van der Waals surface area contributed by atoms with Gasteiger partial charge in [-0.05, 0) is 118 Å². The Hall–Kier alpha value is -1.19. The van der Waals surface area contributed by atoms with Gasteiger partial charge in [-0.2, -0.15) is 0 Å². The Morgan fingerprint density at radius 1 is 0.879 bits per heavy atom. The summed E-state index contributed by atoms with van der Waals surface area (Å²) in [5.41, 5.74) is -0.864. The lowest BCUT2D eigenvalue weighted by atomic mass is 9.44. The summed E-state index contributed by atoms with van der Waals surface area (Å²) < 4.78 is 4.99. The van der Waals surface area contributed by atoms with E-state index in [1.165, 1.54) is 78.7 Å². The van der Waals surface area contributed by atoms with Crippen LogP contribution in [-0.4, -0.2) is 24.6 Å². The van der Waals surface area contributed by atoms with Crippen LogP contribution in [0.4, 0.5) is 0 Å². The molecule has 1 unspecified atom stereocenters. The Morgan fingerprint density at radius 3 is 2.18 bits per heavy atom. The fraction of sp³-hybridized carbons (Fsp3) is 0.897. The summed E-state index contributed by atoms with van der Waals surface area (Å²) in [7, 11) is 1.28. The number of rotatable bonds is 6. The van der Waals surface area contributed by atoms with Gasteiger partial charge in [0.15, 0.2) is 17.0 Å². The van der Waals surface area contributed by atoms with E-state index in [4.69, 9.17) is 4.74 Å². The molecule has 4 heteroatoms. The molecule has 0 spiro atoms. The second kappa shape index (κ2) is 8.79. The smallest absolute Gasteiger partial charge is 0.326 e. The number of carbonyl (C=O) groups is 3. The molecule has 0 bridgehead atoms. The minimum absolute atomic E-state index is 0.130. The lowest BCUT2D eigenvalue weighted by Gasteiger charge is -2.61. The molecule has 8 atom stereocenters. The highest BCUT2D eigenvalue weighted by atomic mass is 16.5. The van der Waals surface area contributed by atoms with Gasteiger partial charge in [0.25, 0.3) is 0 Å². The van der Waals surface area contributed by atoms with Gasteiger partial charge in [-0.25, -0.2) is 0 Å². The molecule has 4 aliphatic rings. The predicted octanol–water partition coefficient (Wildman–Crippen LogP) is 6.40. The van der Waals surface area contributed by atoms with Gasteiger partial charge in [0.1, 0.15) is 0 Å². The van der Waals surface area contributed by atoms with Crippen LogP contribution < -0.4 is 0 Å². The summed E-state index contributed by atoms with van der Waals surface area (Å²) in [4.78, 5) is 38.0. The molecule has 186 valence electrons. The molecule has 0 saturated heterocycles. The number of hydrogen-bond acceptors (Lipinski definition) is 4. The number of carbonyl (C=O) groups excluding carboxylic acids is 3. The summed E-state index contributed by atoms with van der Waals surface area (Å²) in [6.07, 6.45) is 13.8. The second-order valence-corrected chi connectivity index (χ2v) is 12.8. The van der Waals surface area contributed by atoms with Crippen LogP contribution in [0.3, 0.4) is 0 Å². The minimum Gasteiger partial charge on any atom is -0.468 e. The van der Waals surface area contributed by atoms with Crippen molar-refractivity contribution in [3.63, 3.8) is 0 Å². The van der Waals surface area contributed by atoms with E-state index >= 15 is 0 Å². The first-order chi connectivity index (χ1) is 15.5. The van der Waals surface area contributed by atoms with Crippen molar-refractivity contribution in [3.05, 3.63) is 0 Å². The van der Waals surface area contributed by atoms with E-state index in [1.54, 1.807) is 0 Å². The number of esters is 1. The van der Waals surface area contributed by atoms with Gasteiger partial charge >= 0.3 is 5.97 Å². The summed E-state index contributed by atoms with van der Waals surface area (Å²) in [5.74, 6) is 2.51. The molecule has 0 N–H and O–H groups in total. The quantitative estimate of drug-likeness (QED) is 0.341. The Labute approximate surface area is 201 Å². The van der Waals surface area contributed by atoms with Crippen molar-refractivity contribution in [3.8, 4) is 0 Å². The van der Waals surface area contributed by atoms with Crippen LogP contribution >= 0.6 is 0 Å². The maximum Gasteiger partial charge on any atom is 0.326 e. The minimum atomic E-state index is -1.65. The molecular formula is C29H46O4. The highest BCUT2D eigenvalue weighted by Gasteiger charge is 2.61. The highest BCUT2D eigenvalue weighted by molar-refractivity contribution is 6.21. The standard InChI is InChI=1S/C29H46O4/c1-18(17-29(19(2)30,20(3)31)26(32)33-6)23-12-13-24-22-11-10-21-9-7-8-15-27(21,4)25(22)14-16-28(23,24)5/h18,21-25H,7-17H2,1-6H3/t18-,21?,22+,23-,24+,25+,27+,28-/m1/s1. The van der Waals surface area contributed by atoms with Gasteiger partial charge in [-0.15, -0.1) is 0 Å². The third-order valence-electron chi connectivity index (χ3n) is 11.7. The van der Waals surface area contributed by atoms with Crippen molar-refractivity contribution in [2.24, 2.45) is 51.8 Å². The van der Waals surface area contributed by atoms with Crippen LogP contribution in [0.5, 0.6) is 0 Å². The van der Waals surface area contributed by atoms with Crippen LogP contribution in [0.25, 0.3) is 0 Å². The third kappa shape index (κ3) is 3.64. The second-order valence-electron chi connectivity index (χ2n) is 12.8. The van der Waals surface area contributed by atoms with E-state index < -0.39 is 11.4 Å². The number of ketones is 2. The fourth-order valence-corrected chi connectivity index (χ4v) is 9.98. The topological polar surface area (TPSA) is 60.4 Å². The molecule has 0 heterocycles. The van der Waals surface area contributed by atoms with Crippen LogP contribution in [0.2, 0.25) is 0 Å². The molecule has 0 aromatic rings. The van der Waals surface area contributed by atoms with Crippen molar-refractivity contribution in [2.75, 3.05) is 7.11 Å². The normalized spacial score (nSPS) is 41.3. The predicted molar refractivity (Wildman–Crippen MR) is 129 cm³/mol. The molecule has 0 aromatic carbocycles. The summed E-state index contributed by atoms with van der Waals surface area (Å²) in [6, 6.07) is 0. The molecule has 0 aliphatic heterocycles. The Bertz CT molecular complexity index is 787. The zero-order valence-corrected chi connectivity index (χ0v) is 21.9. The molecule has 0 radical (unpaired) electrons. The average molecular weight is 459 g/mol. The molecule has 4 nitrogen and oxygen atoms in total. The van der Waals surface area contributed by atoms with Crippen LogP contribution in [0, 0.1) is 51.8 Å². The van der Waals surface area contributed by atoms with E-state index in [2.05, 4.69) is 20.8 Å². The van der Waals surface area contributed by atoms with Crippen molar-refractivity contribution >= 4 is 17.5 Å².